The molecule has 17 heavy (non-hydrogen) atoms. The van der Waals surface area contributed by atoms with Crippen LogP contribution in [0.1, 0.15) is 31.9 Å². The first-order valence-corrected chi connectivity index (χ1v) is 5.29. The number of rotatable bonds is 6. The van der Waals surface area contributed by atoms with Crippen LogP contribution in [0.15, 0.2) is 22.1 Å². The van der Waals surface area contributed by atoms with Gasteiger partial charge in [0, 0.05) is 5.57 Å². The number of amides is 1. The summed E-state index contributed by atoms with van der Waals surface area (Å²) in [7, 11) is 0. The first-order valence-electron chi connectivity index (χ1n) is 5.29. The van der Waals surface area contributed by atoms with Gasteiger partial charge in [0.25, 0.3) is 0 Å². The highest BCUT2D eigenvalue weighted by Crippen LogP contribution is 2.19. The predicted octanol–water partition coefficient (Wildman–Crippen LogP) is 2.25. The van der Waals surface area contributed by atoms with Crippen LogP contribution in [0.2, 0.25) is 0 Å². The van der Waals surface area contributed by atoms with E-state index in [0.717, 1.165) is 12.8 Å². The smallest absolute Gasteiger partial charge is 0.401 e. The summed E-state index contributed by atoms with van der Waals surface area (Å²) in [6, 6.07) is 2.68. The minimum atomic E-state index is -0.632. The van der Waals surface area contributed by atoms with E-state index < -0.39 is 10.8 Å². The molecule has 1 amide bonds. The molecule has 92 valence electrons. The van der Waals surface area contributed by atoms with E-state index in [0.29, 0.717) is 12.0 Å². The van der Waals surface area contributed by atoms with E-state index in [4.69, 9.17) is 10.2 Å². The van der Waals surface area contributed by atoms with Crippen LogP contribution in [-0.4, -0.2) is 10.8 Å². The van der Waals surface area contributed by atoms with Gasteiger partial charge in [-0.1, -0.05) is 13.3 Å². The number of nitrogens with two attached hydrogens (primary N) is 1. The van der Waals surface area contributed by atoms with Gasteiger partial charge in [-0.25, -0.2) is 0 Å². The van der Waals surface area contributed by atoms with Crippen LogP contribution in [0, 0.1) is 10.1 Å². The van der Waals surface area contributed by atoms with Crippen molar-refractivity contribution in [3.8, 4) is 0 Å². The number of hydrogen-bond donors (Lipinski definition) is 1. The lowest BCUT2D eigenvalue weighted by atomic mass is 10.1. The Morgan fingerprint density at radius 3 is 2.76 bits per heavy atom. The number of unbranched alkanes of at least 4 members (excludes halogenated alkanes) is 1. The summed E-state index contributed by atoms with van der Waals surface area (Å²) in [6.07, 6.45) is 3.76. The van der Waals surface area contributed by atoms with Crippen molar-refractivity contribution in [2.24, 2.45) is 5.73 Å². The molecular formula is C11H14N2O4. The van der Waals surface area contributed by atoms with Crippen molar-refractivity contribution in [2.75, 3.05) is 0 Å². The molecule has 0 fully saturated rings. The van der Waals surface area contributed by atoms with E-state index in [2.05, 4.69) is 0 Å². The van der Waals surface area contributed by atoms with E-state index in [1.54, 1.807) is 0 Å². The lowest BCUT2D eigenvalue weighted by Gasteiger charge is -2.00. The zero-order valence-corrected chi connectivity index (χ0v) is 9.51. The Labute approximate surface area is 98.2 Å². The van der Waals surface area contributed by atoms with Gasteiger partial charge in [0.1, 0.15) is 10.7 Å². The molecular weight excluding hydrogens is 224 g/mol. The molecule has 2 N–H and O–H groups in total. The normalized spacial score (nSPS) is 11.5. The third-order valence-corrected chi connectivity index (χ3v) is 2.23. The van der Waals surface area contributed by atoms with E-state index in [1.807, 2.05) is 6.92 Å². The molecule has 1 rings (SSSR count). The van der Waals surface area contributed by atoms with Gasteiger partial charge < -0.3 is 10.2 Å². The standard InChI is InChI=1S/C11H14N2O4/c1-2-3-4-8(11(12)14)7-9-5-6-10(17-9)13(15)16/h5-7H,2-4H2,1H3,(H2,12,14). The maximum atomic E-state index is 11.1. The number of hydrogen-bond acceptors (Lipinski definition) is 4. The summed E-state index contributed by atoms with van der Waals surface area (Å²) in [5.41, 5.74) is 5.62. The van der Waals surface area contributed by atoms with Gasteiger partial charge in [-0.15, -0.1) is 0 Å². The maximum Gasteiger partial charge on any atom is 0.433 e. The SMILES string of the molecule is CCCCC(=Cc1ccc([N+](=O)[O-])o1)C(N)=O. The maximum absolute atomic E-state index is 11.1. The summed E-state index contributed by atoms with van der Waals surface area (Å²) < 4.78 is 4.92. The fraction of sp³-hybridized carbons (Fsp3) is 0.364. The van der Waals surface area contributed by atoms with Crippen molar-refractivity contribution < 1.29 is 14.1 Å². The lowest BCUT2D eigenvalue weighted by molar-refractivity contribution is -0.402. The summed E-state index contributed by atoms with van der Waals surface area (Å²) in [6.45, 7) is 2.00. The van der Waals surface area contributed by atoms with Gasteiger partial charge in [0.05, 0.1) is 6.07 Å². The molecule has 0 aromatic carbocycles. The largest absolute Gasteiger partial charge is 0.433 e. The molecule has 6 nitrogen and oxygen atoms in total. The summed E-state index contributed by atoms with van der Waals surface area (Å²) in [5.74, 6) is -0.616. The van der Waals surface area contributed by atoms with Crippen molar-refractivity contribution in [3.05, 3.63) is 33.6 Å². The molecule has 0 aliphatic rings. The van der Waals surface area contributed by atoms with Crippen molar-refractivity contribution in [1.29, 1.82) is 0 Å². The molecule has 0 aliphatic carbocycles. The van der Waals surface area contributed by atoms with Crippen LogP contribution in [0.3, 0.4) is 0 Å². The van der Waals surface area contributed by atoms with Crippen molar-refractivity contribution in [1.82, 2.24) is 0 Å². The highest BCUT2D eigenvalue weighted by atomic mass is 16.6. The molecule has 1 aromatic heterocycles. The Balaban J connectivity index is 2.88. The molecule has 0 saturated carbocycles. The van der Waals surface area contributed by atoms with Crippen LogP contribution < -0.4 is 5.73 Å². The van der Waals surface area contributed by atoms with E-state index >= 15 is 0 Å². The van der Waals surface area contributed by atoms with Crippen LogP contribution >= 0.6 is 0 Å². The third-order valence-electron chi connectivity index (χ3n) is 2.23. The van der Waals surface area contributed by atoms with Crippen LogP contribution in [0.4, 0.5) is 5.88 Å². The molecule has 0 atom stereocenters. The van der Waals surface area contributed by atoms with Crippen LogP contribution in [0.5, 0.6) is 0 Å². The van der Waals surface area contributed by atoms with Gasteiger partial charge in [-0.05, 0) is 25.0 Å². The number of carbonyl (C=O) groups excluding carboxylic acids is 1. The number of nitro groups is 1. The Bertz CT molecular complexity index is 448. The average Bonchev–Trinajstić information content (AvgIpc) is 2.72. The van der Waals surface area contributed by atoms with Crippen molar-refractivity contribution in [2.45, 2.75) is 26.2 Å². The van der Waals surface area contributed by atoms with Crippen LogP contribution in [0.25, 0.3) is 6.08 Å². The molecule has 0 radical (unpaired) electrons. The van der Waals surface area contributed by atoms with Crippen molar-refractivity contribution >= 4 is 17.9 Å². The van der Waals surface area contributed by atoms with E-state index in [9.17, 15) is 14.9 Å². The van der Waals surface area contributed by atoms with Crippen molar-refractivity contribution in [3.63, 3.8) is 0 Å². The van der Waals surface area contributed by atoms with Gasteiger partial charge in [-0.2, -0.15) is 0 Å². The number of primary amides is 1. The lowest BCUT2D eigenvalue weighted by Crippen LogP contribution is -2.13. The van der Waals surface area contributed by atoms with Crippen LogP contribution in [-0.2, 0) is 4.79 Å². The highest BCUT2D eigenvalue weighted by Gasteiger charge is 2.12. The minimum absolute atomic E-state index is 0.265. The van der Waals surface area contributed by atoms with E-state index in [-0.39, 0.29) is 11.6 Å². The van der Waals surface area contributed by atoms with Gasteiger partial charge >= 0.3 is 5.88 Å². The second kappa shape index (κ2) is 5.83. The fourth-order valence-corrected chi connectivity index (χ4v) is 1.32. The Morgan fingerprint density at radius 1 is 1.59 bits per heavy atom. The monoisotopic (exact) mass is 238 g/mol. The Hall–Kier alpha value is -2.11. The van der Waals surface area contributed by atoms with Gasteiger partial charge in [-0.3, -0.25) is 14.9 Å². The number of furan rings is 1. The van der Waals surface area contributed by atoms with Gasteiger partial charge in [0.15, 0.2) is 0 Å². The zero-order chi connectivity index (χ0) is 12.8. The summed E-state index contributed by atoms with van der Waals surface area (Å²) >= 11 is 0. The topological polar surface area (TPSA) is 99.4 Å². The molecule has 0 unspecified atom stereocenters. The fourth-order valence-electron chi connectivity index (χ4n) is 1.32. The molecule has 1 heterocycles. The average molecular weight is 238 g/mol. The summed E-state index contributed by atoms with van der Waals surface area (Å²) in [4.78, 5) is 20.9. The molecule has 0 saturated heterocycles. The summed E-state index contributed by atoms with van der Waals surface area (Å²) in [5, 5.41) is 10.4. The quantitative estimate of drug-likeness (QED) is 0.466. The number of carbonyl (C=O) groups is 1. The zero-order valence-electron chi connectivity index (χ0n) is 9.51. The third kappa shape index (κ3) is 3.75. The molecule has 0 aliphatic heterocycles. The minimum Gasteiger partial charge on any atom is -0.401 e. The first kappa shape index (κ1) is 13.0. The molecule has 6 heteroatoms. The molecule has 0 spiro atoms. The molecule has 0 bridgehead atoms. The Morgan fingerprint density at radius 2 is 2.29 bits per heavy atom. The van der Waals surface area contributed by atoms with E-state index in [1.165, 1.54) is 18.2 Å². The highest BCUT2D eigenvalue weighted by molar-refractivity contribution is 5.96. The second-order valence-electron chi connectivity index (χ2n) is 3.57. The Kier molecular flexibility index (Phi) is 4.45. The molecule has 1 aromatic rings. The second-order valence-corrected chi connectivity index (χ2v) is 3.57. The predicted molar refractivity (Wildman–Crippen MR) is 62.1 cm³/mol. The number of nitrogens with zero attached hydrogens (tertiary/aromatic N) is 1. The first-order chi connectivity index (χ1) is 8.04. The van der Waals surface area contributed by atoms with Gasteiger partial charge in [0.2, 0.25) is 5.91 Å².